The molecule has 0 bridgehead atoms. The van der Waals surface area contributed by atoms with Crippen LogP contribution in [0.2, 0.25) is 0 Å². The third-order valence-corrected chi connectivity index (χ3v) is 12.0. The van der Waals surface area contributed by atoms with E-state index in [9.17, 15) is 0 Å². The van der Waals surface area contributed by atoms with Crippen molar-refractivity contribution in [1.82, 2.24) is 0 Å². The van der Waals surface area contributed by atoms with E-state index in [4.69, 9.17) is 0 Å². The molecule has 0 saturated carbocycles. The fourth-order valence-corrected chi connectivity index (χ4v) is 5.33. The first-order valence-electron chi connectivity index (χ1n) is 31.1. The minimum absolute atomic E-state index is 1.08. The Morgan fingerprint density at radius 3 is 0.325 bits per heavy atom. The number of unbranched alkanes of at least 4 members (excludes halogenated alkanes) is 6. The van der Waals surface area contributed by atoms with E-state index < -0.39 is 0 Å². The second-order valence-corrected chi connectivity index (χ2v) is 20.9. The minimum atomic E-state index is 1.08. The lowest BCUT2D eigenvalue weighted by Crippen LogP contribution is -1.66. The molecule has 80 heavy (non-hydrogen) atoms. The van der Waals surface area contributed by atoms with Crippen molar-refractivity contribution in [3.05, 3.63) is 200 Å². The standard InChI is InChI=1S/2C6H14.4C6H12.2C4H10S2.4C4H8.4C4H6/c8*1-3-5-6-4-2;8*1-3-4-2/h2*3-6H2,1-2H3;4*5-6H,3-4H2,1-2H3;2*3-4H2,1-2H3;4*3H,1,4H2,2H3;4*3-4H,1-2H2. The van der Waals surface area contributed by atoms with Gasteiger partial charge in [0.1, 0.15) is 0 Å². The van der Waals surface area contributed by atoms with Crippen LogP contribution in [0.5, 0.6) is 0 Å². The molecule has 0 aromatic carbocycles. The molecule has 0 atom stereocenters. The van der Waals surface area contributed by atoms with Crippen LogP contribution in [0.3, 0.4) is 0 Å². The molecular formula is C76H152S4. The highest BCUT2D eigenvalue weighted by molar-refractivity contribution is 8.77. The second kappa shape index (κ2) is 211. The van der Waals surface area contributed by atoms with Crippen molar-refractivity contribution in [2.24, 2.45) is 0 Å². The zero-order chi connectivity index (χ0) is 65.9. The van der Waals surface area contributed by atoms with Crippen LogP contribution in [0.15, 0.2) is 200 Å². The Kier molecular flexibility index (Phi) is 316. The first-order valence-corrected chi connectivity index (χ1v) is 36.1. The van der Waals surface area contributed by atoms with E-state index in [-0.39, 0.29) is 0 Å². The molecule has 0 heterocycles. The molecule has 0 aliphatic rings. The van der Waals surface area contributed by atoms with Crippen molar-refractivity contribution in [3.63, 3.8) is 0 Å². The van der Waals surface area contributed by atoms with Crippen LogP contribution in [-0.2, 0) is 0 Å². The Labute approximate surface area is 529 Å². The van der Waals surface area contributed by atoms with Crippen LogP contribution in [0, 0.1) is 0 Å². The number of hydrogen-bond acceptors (Lipinski definition) is 4. The number of rotatable bonds is 28. The summed E-state index contributed by atoms with van der Waals surface area (Å²) >= 11 is 0. The quantitative estimate of drug-likeness (QED) is 0.0331. The molecule has 4 heteroatoms. The van der Waals surface area contributed by atoms with E-state index in [0.717, 1.165) is 25.7 Å². The average Bonchev–Trinajstić information content (AvgIpc) is 3.51. The van der Waals surface area contributed by atoms with E-state index in [2.05, 4.69) is 266 Å². The fourth-order valence-electron chi connectivity index (χ4n) is 2.67. The van der Waals surface area contributed by atoms with Gasteiger partial charge < -0.3 is 0 Å². The van der Waals surface area contributed by atoms with Crippen molar-refractivity contribution in [1.29, 1.82) is 0 Å². The molecule has 0 aliphatic carbocycles. The van der Waals surface area contributed by atoms with Gasteiger partial charge in [-0.25, -0.2) is 0 Å². The summed E-state index contributed by atoms with van der Waals surface area (Å²) in [6.45, 7) is 83.8. The molecule has 0 aliphatic heterocycles. The molecule has 480 valence electrons. The summed E-state index contributed by atoms with van der Waals surface area (Å²) in [6.07, 6.45) is 62.9. The SMILES string of the molecule is C=CC=C.C=CC=C.C=CC=C.C=CC=C.C=CCC.C=CCC.C=CCC.C=CCC.CCC=CCC.CCC=CCC.CCC=CCC.CCC=CCC.CCCCCC.CCCCCC.CCSSCC.CCSSCC. The molecule has 0 saturated heterocycles. The molecule has 0 spiro atoms. The Hall–Kier alpha value is -2.76. The van der Waals surface area contributed by atoms with Gasteiger partial charge in [0.2, 0.25) is 0 Å². The van der Waals surface area contributed by atoms with Crippen LogP contribution in [0.25, 0.3) is 0 Å². The summed E-state index contributed by atoms with van der Waals surface area (Å²) in [5.74, 6) is 4.94. The smallest absolute Gasteiger partial charge is 0.000844 e. The lowest BCUT2D eigenvalue weighted by molar-refractivity contribution is 0.702. The van der Waals surface area contributed by atoms with Crippen LogP contribution in [-0.4, -0.2) is 23.0 Å². The maximum Gasteiger partial charge on any atom is 0.000844 e. The van der Waals surface area contributed by atoms with E-state index in [1.54, 1.807) is 48.6 Å². The molecule has 0 aromatic heterocycles. The molecular weight excluding hydrogens is 1040 g/mol. The third kappa shape index (κ3) is 485. The zero-order valence-corrected chi connectivity index (χ0v) is 61.9. The summed E-state index contributed by atoms with van der Waals surface area (Å²) < 4.78 is 0. The van der Waals surface area contributed by atoms with Gasteiger partial charge in [-0.1, -0.05) is 407 Å². The van der Waals surface area contributed by atoms with Crippen LogP contribution < -0.4 is 0 Å². The van der Waals surface area contributed by atoms with Gasteiger partial charge in [0.25, 0.3) is 0 Å². The van der Waals surface area contributed by atoms with Gasteiger partial charge in [-0.3, -0.25) is 0 Å². The summed E-state index contributed by atoms with van der Waals surface area (Å²) in [5, 5.41) is 0. The number of allylic oxidation sites excluding steroid dienone is 20. The highest BCUT2D eigenvalue weighted by atomic mass is 33.1. The first kappa shape index (κ1) is 120. The fraction of sp³-hybridized carbons (Fsp3) is 0.579. The van der Waals surface area contributed by atoms with Crippen molar-refractivity contribution in [2.75, 3.05) is 23.0 Å². The number of hydrogen-bond donors (Lipinski definition) is 0. The normalized spacial score (nSPS) is 8.05. The summed E-state index contributed by atoms with van der Waals surface area (Å²) in [6, 6.07) is 0. The molecule has 0 nitrogen and oxygen atoms in total. The maximum atomic E-state index is 3.48. The van der Waals surface area contributed by atoms with E-state index in [0.29, 0.717) is 0 Å². The van der Waals surface area contributed by atoms with Gasteiger partial charge in [-0.2, -0.15) is 0 Å². The van der Waals surface area contributed by atoms with Gasteiger partial charge >= 0.3 is 0 Å². The maximum absolute atomic E-state index is 3.48. The zero-order valence-electron chi connectivity index (χ0n) is 58.6. The first-order chi connectivity index (χ1) is 38.6. The Bertz CT molecular complexity index is 825. The minimum Gasteiger partial charge on any atom is -0.103 e. The van der Waals surface area contributed by atoms with Crippen LogP contribution >= 0.6 is 43.2 Å². The van der Waals surface area contributed by atoms with Gasteiger partial charge in [0.15, 0.2) is 0 Å². The molecule has 0 aromatic rings. The summed E-state index contributed by atoms with van der Waals surface area (Å²) in [5.41, 5.74) is 0. The highest BCUT2D eigenvalue weighted by Crippen LogP contribution is 2.19. The van der Waals surface area contributed by atoms with Gasteiger partial charge in [0, 0.05) is 23.0 Å². The predicted octanol–water partition coefficient (Wildman–Crippen LogP) is 31.2. The molecule has 0 N–H and O–H groups in total. The van der Waals surface area contributed by atoms with E-state index in [1.165, 1.54) is 126 Å². The summed E-state index contributed by atoms with van der Waals surface area (Å²) in [7, 11) is 7.70. The van der Waals surface area contributed by atoms with Gasteiger partial charge in [0.05, 0.1) is 0 Å². The lowest BCUT2D eigenvalue weighted by Gasteiger charge is -1.86. The largest absolute Gasteiger partial charge is 0.103 e. The Morgan fingerprint density at radius 1 is 0.188 bits per heavy atom. The molecule has 0 unspecified atom stereocenters. The summed E-state index contributed by atoms with van der Waals surface area (Å²) in [4.78, 5) is 0. The highest BCUT2D eigenvalue weighted by Gasteiger charge is 1.77. The lowest BCUT2D eigenvalue weighted by atomic mass is 10.2. The van der Waals surface area contributed by atoms with Crippen LogP contribution in [0.1, 0.15) is 267 Å². The van der Waals surface area contributed by atoms with Crippen molar-refractivity contribution >= 4 is 43.2 Å². The average molecular weight is 1190 g/mol. The molecule has 0 rings (SSSR count). The third-order valence-electron chi connectivity index (χ3n) is 6.93. The molecule has 0 fully saturated rings. The Balaban J connectivity index is -0.0000000391. The second-order valence-electron chi connectivity index (χ2n) is 14.9. The predicted molar refractivity (Wildman–Crippen MR) is 415 cm³/mol. The van der Waals surface area contributed by atoms with E-state index in [1.807, 2.05) is 67.5 Å². The van der Waals surface area contributed by atoms with Crippen molar-refractivity contribution in [2.45, 2.75) is 267 Å². The van der Waals surface area contributed by atoms with Crippen molar-refractivity contribution < 1.29 is 0 Å². The van der Waals surface area contributed by atoms with Gasteiger partial charge in [-0.05, 0) is 77.0 Å². The van der Waals surface area contributed by atoms with Gasteiger partial charge in [-0.15, -0.1) is 26.3 Å². The monoisotopic (exact) mass is 1190 g/mol. The topological polar surface area (TPSA) is 0 Å². The van der Waals surface area contributed by atoms with E-state index >= 15 is 0 Å². The van der Waals surface area contributed by atoms with Crippen molar-refractivity contribution in [3.8, 4) is 0 Å². The molecule has 0 radical (unpaired) electrons. The molecule has 0 amide bonds. The van der Waals surface area contributed by atoms with Crippen LogP contribution in [0.4, 0.5) is 0 Å². The Morgan fingerprint density at radius 2 is 0.287 bits per heavy atom.